The molecular formula is C19H20ClN3O4. The van der Waals surface area contributed by atoms with Crippen molar-refractivity contribution in [3.8, 4) is 11.5 Å². The predicted octanol–water partition coefficient (Wildman–Crippen LogP) is 3.32. The van der Waals surface area contributed by atoms with Crippen LogP contribution in [-0.4, -0.2) is 27.7 Å². The van der Waals surface area contributed by atoms with E-state index in [4.69, 9.17) is 11.6 Å². The molecule has 0 unspecified atom stereocenters. The molecule has 0 atom stereocenters. The fourth-order valence-corrected chi connectivity index (χ4v) is 2.52. The van der Waals surface area contributed by atoms with E-state index < -0.39 is 5.91 Å². The molecule has 27 heavy (non-hydrogen) atoms. The molecule has 0 spiro atoms. The fraction of sp³-hybridized carbons (Fsp3) is 0.211. The average Bonchev–Trinajstić information content (AvgIpc) is 2.60. The summed E-state index contributed by atoms with van der Waals surface area (Å²) in [5.41, 5.74) is 4.55. The highest BCUT2D eigenvalue weighted by molar-refractivity contribution is 6.30. The van der Waals surface area contributed by atoms with Gasteiger partial charge in [-0.25, -0.2) is 5.43 Å². The molecule has 0 aliphatic carbocycles. The first-order chi connectivity index (χ1) is 12.8. The second-order valence-corrected chi connectivity index (χ2v) is 6.38. The number of hydrogen-bond acceptors (Lipinski definition) is 5. The first kappa shape index (κ1) is 20.3. The minimum absolute atomic E-state index is 0.00702. The maximum atomic E-state index is 12.0. The van der Waals surface area contributed by atoms with Gasteiger partial charge in [-0.15, -0.1) is 0 Å². The third-order valence-corrected chi connectivity index (χ3v) is 4.00. The van der Waals surface area contributed by atoms with Crippen LogP contribution >= 0.6 is 11.6 Å². The van der Waals surface area contributed by atoms with Crippen molar-refractivity contribution < 1.29 is 19.8 Å². The van der Waals surface area contributed by atoms with E-state index in [2.05, 4.69) is 15.8 Å². The van der Waals surface area contributed by atoms with Crippen LogP contribution in [-0.2, 0) is 9.59 Å². The van der Waals surface area contributed by atoms with E-state index in [0.29, 0.717) is 22.0 Å². The van der Waals surface area contributed by atoms with E-state index in [9.17, 15) is 19.8 Å². The van der Waals surface area contributed by atoms with Gasteiger partial charge in [0.2, 0.25) is 11.8 Å². The highest BCUT2D eigenvalue weighted by Crippen LogP contribution is 2.23. The second-order valence-electron chi connectivity index (χ2n) is 5.94. The minimum Gasteiger partial charge on any atom is -0.508 e. The van der Waals surface area contributed by atoms with Crippen molar-refractivity contribution in [2.75, 3.05) is 5.32 Å². The highest BCUT2D eigenvalue weighted by Gasteiger charge is 2.10. The summed E-state index contributed by atoms with van der Waals surface area (Å²) in [6.45, 7) is 3.42. The number of halogens is 1. The number of amides is 2. The van der Waals surface area contributed by atoms with E-state index in [0.717, 1.165) is 5.56 Å². The van der Waals surface area contributed by atoms with E-state index >= 15 is 0 Å². The molecular weight excluding hydrogens is 370 g/mol. The molecule has 2 amide bonds. The van der Waals surface area contributed by atoms with Crippen LogP contribution < -0.4 is 10.7 Å². The molecule has 0 bridgehead atoms. The number of hydrazone groups is 1. The second kappa shape index (κ2) is 9.05. The van der Waals surface area contributed by atoms with Gasteiger partial charge in [0.1, 0.15) is 11.5 Å². The van der Waals surface area contributed by atoms with Gasteiger partial charge in [0.25, 0.3) is 0 Å². The zero-order valence-electron chi connectivity index (χ0n) is 14.9. The molecule has 2 aromatic rings. The van der Waals surface area contributed by atoms with Gasteiger partial charge >= 0.3 is 0 Å². The Hall–Kier alpha value is -3.06. The maximum Gasteiger partial charge on any atom is 0.240 e. The lowest BCUT2D eigenvalue weighted by molar-refractivity contribution is -0.124. The van der Waals surface area contributed by atoms with Crippen LogP contribution in [0.25, 0.3) is 0 Å². The molecule has 0 saturated carbocycles. The van der Waals surface area contributed by atoms with Gasteiger partial charge in [-0.1, -0.05) is 11.6 Å². The minimum atomic E-state index is -0.435. The summed E-state index contributed by atoms with van der Waals surface area (Å²) in [6.07, 6.45) is -0.0518. The number of phenolic OH excluding ortho intramolecular Hbond substituents is 2. The first-order valence-corrected chi connectivity index (χ1v) is 8.55. The van der Waals surface area contributed by atoms with Gasteiger partial charge in [-0.2, -0.15) is 5.10 Å². The van der Waals surface area contributed by atoms with Gasteiger partial charge in [0.05, 0.1) is 5.71 Å². The maximum absolute atomic E-state index is 12.0. The van der Waals surface area contributed by atoms with Gasteiger partial charge in [0.15, 0.2) is 0 Å². The van der Waals surface area contributed by atoms with E-state index in [1.54, 1.807) is 25.1 Å². The number of phenols is 2. The number of carbonyl (C=O) groups is 2. The Labute approximate surface area is 161 Å². The summed E-state index contributed by atoms with van der Waals surface area (Å²) in [6, 6.07) is 9.18. The number of nitrogens with zero attached hydrogens (tertiary/aromatic N) is 1. The highest BCUT2D eigenvalue weighted by atomic mass is 35.5. The van der Waals surface area contributed by atoms with Crippen molar-refractivity contribution in [2.24, 2.45) is 5.10 Å². The van der Waals surface area contributed by atoms with Crippen LogP contribution in [0, 0.1) is 6.92 Å². The van der Waals surface area contributed by atoms with Crippen LogP contribution in [0.1, 0.15) is 30.9 Å². The lowest BCUT2D eigenvalue weighted by Gasteiger charge is -2.08. The number of rotatable bonds is 6. The summed E-state index contributed by atoms with van der Waals surface area (Å²) >= 11 is 5.87. The topological polar surface area (TPSA) is 111 Å². The number of anilines is 1. The molecule has 4 N–H and O–H groups in total. The van der Waals surface area contributed by atoms with Gasteiger partial charge < -0.3 is 15.5 Å². The van der Waals surface area contributed by atoms with Crippen molar-refractivity contribution >= 4 is 34.8 Å². The lowest BCUT2D eigenvalue weighted by atomic mass is 10.1. The zero-order chi connectivity index (χ0) is 20.0. The largest absolute Gasteiger partial charge is 0.508 e. The SMILES string of the molecule is C/C(=N\NC(=O)CCC(=O)Nc1ccc(Cl)cc1C)c1ccc(O)cc1O. The van der Waals surface area contributed by atoms with E-state index in [1.807, 2.05) is 6.92 Å². The van der Waals surface area contributed by atoms with Crippen LogP contribution in [0.3, 0.4) is 0 Å². The van der Waals surface area contributed by atoms with Gasteiger partial charge in [-0.05, 0) is 49.7 Å². The number of nitrogens with one attached hydrogen (secondary N) is 2. The van der Waals surface area contributed by atoms with E-state index in [1.165, 1.54) is 18.2 Å². The molecule has 0 aromatic heterocycles. The van der Waals surface area contributed by atoms with Crippen molar-refractivity contribution in [3.63, 3.8) is 0 Å². The molecule has 8 heteroatoms. The quantitative estimate of drug-likeness (QED) is 0.448. The summed E-state index contributed by atoms with van der Waals surface area (Å²) in [7, 11) is 0. The third-order valence-electron chi connectivity index (χ3n) is 3.76. The van der Waals surface area contributed by atoms with Crippen molar-refractivity contribution in [1.82, 2.24) is 5.43 Å². The molecule has 142 valence electrons. The van der Waals surface area contributed by atoms with Crippen LogP contribution in [0.2, 0.25) is 5.02 Å². The Morgan fingerprint density at radius 2 is 1.78 bits per heavy atom. The standard InChI is InChI=1S/C19H20ClN3O4/c1-11-9-13(20)3-6-16(11)21-18(26)7-8-19(27)23-22-12(2)15-5-4-14(24)10-17(15)25/h3-6,9-10,24-25H,7-8H2,1-2H3,(H,21,26)(H,23,27)/b22-12+. The number of aromatic hydroxyl groups is 2. The van der Waals surface area contributed by atoms with Gasteiger partial charge in [0, 0.05) is 35.2 Å². The number of aryl methyl sites for hydroxylation is 1. The third kappa shape index (κ3) is 6.00. The zero-order valence-corrected chi connectivity index (χ0v) is 15.7. The number of hydrogen-bond donors (Lipinski definition) is 4. The number of benzene rings is 2. The van der Waals surface area contributed by atoms with Crippen molar-refractivity contribution in [2.45, 2.75) is 26.7 Å². The van der Waals surface area contributed by atoms with Crippen molar-refractivity contribution in [1.29, 1.82) is 0 Å². The van der Waals surface area contributed by atoms with E-state index in [-0.39, 0.29) is 30.2 Å². The van der Waals surface area contributed by atoms with Gasteiger partial charge in [-0.3, -0.25) is 9.59 Å². The summed E-state index contributed by atoms with van der Waals surface area (Å²) in [4.78, 5) is 23.8. The molecule has 7 nitrogen and oxygen atoms in total. The predicted molar refractivity (Wildman–Crippen MR) is 104 cm³/mol. The lowest BCUT2D eigenvalue weighted by Crippen LogP contribution is -2.22. The van der Waals surface area contributed by atoms with Crippen LogP contribution in [0.4, 0.5) is 5.69 Å². The summed E-state index contributed by atoms with van der Waals surface area (Å²) in [5, 5.41) is 26.3. The first-order valence-electron chi connectivity index (χ1n) is 8.17. The monoisotopic (exact) mass is 389 g/mol. The molecule has 2 aromatic carbocycles. The molecule has 0 heterocycles. The molecule has 0 aliphatic heterocycles. The Kier molecular flexibility index (Phi) is 6.79. The molecule has 0 radical (unpaired) electrons. The van der Waals surface area contributed by atoms with Crippen molar-refractivity contribution in [3.05, 3.63) is 52.5 Å². The normalized spacial score (nSPS) is 11.1. The van der Waals surface area contributed by atoms with Crippen LogP contribution in [0.5, 0.6) is 11.5 Å². The average molecular weight is 390 g/mol. The Morgan fingerprint density at radius 1 is 1.07 bits per heavy atom. The Balaban J connectivity index is 1.85. The summed E-state index contributed by atoms with van der Waals surface area (Å²) in [5.74, 6) is -0.957. The Morgan fingerprint density at radius 3 is 2.44 bits per heavy atom. The fourth-order valence-electron chi connectivity index (χ4n) is 2.30. The smallest absolute Gasteiger partial charge is 0.240 e. The van der Waals surface area contributed by atoms with Crippen LogP contribution in [0.15, 0.2) is 41.5 Å². The molecule has 0 saturated heterocycles. The summed E-state index contributed by atoms with van der Waals surface area (Å²) < 4.78 is 0. The Bertz CT molecular complexity index is 897. The molecule has 2 rings (SSSR count). The molecule has 0 fully saturated rings. The molecule has 0 aliphatic rings. The number of carbonyl (C=O) groups excluding carboxylic acids is 2.